The molecule has 65 heavy (non-hydrogen) atoms. The van der Waals surface area contributed by atoms with E-state index in [2.05, 4.69) is 215 Å². The van der Waals surface area contributed by atoms with Gasteiger partial charge in [-0.15, -0.1) is 55.5 Å². The van der Waals surface area contributed by atoms with Crippen LogP contribution in [-0.2, 0) is 0 Å². The smallest absolute Gasteiger partial charge is 0.248 e. The Morgan fingerprint density at radius 3 is 0.969 bits per heavy atom. The van der Waals surface area contributed by atoms with Crippen molar-refractivity contribution in [2.45, 2.75) is 0 Å². The van der Waals surface area contributed by atoms with Crippen LogP contribution in [0.3, 0.4) is 0 Å². The van der Waals surface area contributed by atoms with E-state index in [0.29, 0.717) is 11.8 Å². The molecule has 0 aliphatic carbocycles. The van der Waals surface area contributed by atoms with Crippen molar-refractivity contribution in [2.75, 3.05) is 0 Å². The van der Waals surface area contributed by atoms with Crippen LogP contribution in [0.4, 0.5) is 0 Å². The zero-order chi connectivity index (χ0) is 42.8. The lowest BCUT2D eigenvalue weighted by atomic mass is 9.93. The summed E-state index contributed by atoms with van der Waals surface area (Å²) in [5.74, 6) is 0.993. The fourth-order valence-electron chi connectivity index (χ4n) is 9.27. The van der Waals surface area contributed by atoms with Gasteiger partial charge in [-0.05, 0) is 92.7 Å². The summed E-state index contributed by atoms with van der Waals surface area (Å²) in [6.45, 7) is 0. The lowest BCUT2D eigenvalue weighted by Crippen LogP contribution is -1.84. The Kier molecular flexibility index (Phi) is 9.27. The predicted molar refractivity (Wildman–Crippen MR) is 279 cm³/mol. The van der Waals surface area contributed by atoms with Crippen molar-refractivity contribution in [2.24, 2.45) is 0 Å². The summed E-state index contributed by atoms with van der Waals surface area (Å²) in [6.07, 6.45) is 0. The summed E-state index contributed by atoms with van der Waals surface area (Å²) in [6, 6.07) is 69.6. The van der Waals surface area contributed by atoms with E-state index in [-0.39, 0.29) is 0 Å². The van der Waals surface area contributed by atoms with Gasteiger partial charge in [-0.3, -0.25) is 0 Å². The number of benzene rings is 8. The van der Waals surface area contributed by atoms with Crippen LogP contribution in [0.5, 0.6) is 0 Å². The molecule has 7 heteroatoms. The molecule has 0 aliphatic rings. The first-order chi connectivity index (χ1) is 32.2. The lowest BCUT2D eigenvalue weighted by Gasteiger charge is -2.12. The SMILES string of the molecule is c1ccc(-c2c3cc(-c4ccc(-c5nnc(-c6ccc(-c7cc8c(-c9ccccc9)c9sccc9c(-c9ccccc9)c8s7)cc6)o5)cc4)sc3c(-c3ccccc3)c3ccsc23)cc1. The Balaban J connectivity index is 0.830. The molecule has 5 aromatic heterocycles. The van der Waals surface area contributed by atoms with Gasteiger partial charge in [-0.1, -0.05) is 146 Å². The highest BCUT2D eigenvalue weighted by Crippen LogP contribution is 2.52. The highest BCUT2D eigenvalue weighted by molar-refractivity contribution is 7.24. The van der Waals surface area contributed by atoms with E-state index in [1.54, 1.807) is 0 Å². The maximum atomic E-state index is 6.36. The highest BCUT2D eigenvalue weighted by Gasteiger charge is 2.23. The van der Waals surface area contributed by atoms with Crippen LogP contribution >= 0.6 is 45.3 Å². The average molecular weight is 903 g/mol. The molecule has 0 fully saturated rings. The van der Waals surface area contributed by atoms with E-state index in [4.69, 9.17) is 4.42 Å². The highest BCUT2D eigenvalue weighted by atomic mass is 32.1. The molecule has 8 aromatic carbocycles. The minimum Gasteiger partial charge on any atom is -0.416 e. The van der Waals surface area contributed by atoms with E-state index in [9.17, 15) is 0 Å². The second-order valence-corrected chi connectivity index (χ2v) is 20.0. The Morgan fingerprint density at radius 2 is 0.615 bits per heavy atom. The fraction of sp³-hybridized carbons (Fsp3) is 0. The monoisotopic (exact) mass is 902 g/mol. The van der Waals surface area contributed by atoms with Gasteiger partial charge in [-0.25, -0.2) is 0 Å². The maximum Gasteiger partial charge on any atom is 0.248 e. The van der Waals surface area contributed by atoms with Crippen LogP contribution in [-0.4, -0.2) is 10.2 Å². The van der Waals surface area contributed by atoms with Gasteiger partial charge in [0.05, 0.1) is 0 Å². The summed E-state index contributed by atoms with van der Waals surface area (Å²) in [7, 11) is 0. The third-order valence-electron chi connectivity index (χ3n) is 12.3. The molecule has 0 bridgehead atoms. The second kappa shape index (κ2) is 15.8. The van der Waals surface area contributed by atoms with Gasteiger partial charge in [0.2, 0.25) is 11.8 Å². The summed E-state index contributed by atoms with van der Waals surface area (Å²) < 4.78 is 11.6. The van der Waals surface area contributed by atoms with E-state index >= 15 is 0 Å². The van der Waals surface area contributed by atoms with Gasteiger partial charge in [0, 0.05) is 83.5 Å². The molecule has 13 rings (SSSR count). The topological polar surface area (TPSA) is 38.9 Å². The largest absolute Gasteiger partial charge is 0.416 e. The Hall–Kier alpha value is -7.26. The van der Waals surface area contributed by atoms with Crippen molar-refractivity contribution < 1.29 is 4.42 Å². The fourth-order valence-corrected chi connectivity index (χ4v) is 13.7. The molecular formula is C58H34N2OS4. The van der Waals surface area contributed by atoms with Gasteiger partial charge in [0.15, 0.2) is 0 Å². The molecule has 306 valence electrons. The molecule has 0 radical (unpaired) electrons. The first-order valence-electron chi connectivity index (χ1n) is 21.4. The molecule has 0 spiro atoms. The quantitative estimate of drug-likeness (QED) is 0.152. The zero-order valence-corrected chi connectivity index (χ0v) is 37.8. The van der Waals surface area contributed by atoms with Gasteiger partial charge in [0.1, 0.15) is 0 Å². The molecule has 5 heterocycles. The first-order valence-corrected chi connectivity index (χ1v) is 24.8. The van der Waals surface area contributed by atoms with Crippen LogP contribution in [0, 0.1) is 0 Å². The first kappa shape index (κ1) is 38.2. The number of hydrogen-bond donors (Lipinski definition) is 0. The number of thiophene rings is 4. The third-order valence-corrected chi connectivity index (χ3v) is 16.6. The van der Waals surface area contributed by atoms with Crippen molar-refractivity contribution in [1.29, 1.82) is 0 Å². The minimum absolute atomic E-state index is 0.497. The summed E-state index contributed by atoms with van der Waals surface area (Å²) >= 11 is 7.35. The van der Waals surface area contributed by atoms with Crippen molar-refractivity contribution in [3.8, 4) is 88.3 Å². The van der Waals surface area contributed by atoms with Gasteiger partial charge in [-0.2, -0.15) is 0 Å². The van der Waals surface area contributed by atoms with Crippen LogP contribution in [0.2, 0.25) is 0 Å². The summed E-state index contributed by atoms with van der Waals surface area (Å²) in [5, 5.41) is 18.6. The van der Waals surface area contributed by atoms with Crippen molar-refractivity contribution in [3.63, 3.8) is 0 Å². The molecule has 0 saturated heterocycles. The molecular weight excluding hydrogens is 869 g/mol. The van der Waals surface area contributed by atoms with Crippen molar-refractivity contribution in [1.82, 2.24) is 10.2 Å². The normalized spacial score (nSPS) is 11.7. The van der Waals surface area contributed by atoms with E-state index in [0.717, 1.165) is 22.3 Å². The lowest BCUT2D eigenvalue weighted by molar-refractivity contribution is 0.584. The second-order valence-electron chi connectivity index (χ2n) is 16.1. The summed E-state index contributed by atoms with van der Waals surface area (Å²) in [5.41, 5.74) is 14.2. The predicted octanol–water partition coefficient (Wildman–Crippen LogP) is 18.3. The molecule has 0 atom stereocenters. The Morgan fingerprint density at radius 1 is 0.292 bits per heavy atom. The third kappa shape index (κ3) is 6.50. The molecule has 0 unspecified atom stereocenters. The molecule has 0 saturated carbocycles. The average Bonchev–Trinajstić information content (AvgIpc) is 4.24. The van der Waals surface area contributed by atoms with Crippen LogP contribution in [0.25, 0.3) is 129 Å². The van der Waals surface area contributed by atoms with Gasteiger partial charge < -0.3 is 4.42 Å². The van der Waals surface area contributed by atoms with Crippen LogP contribution in [0.1, 0.15) is 0 Å². The van der Waals surface area contributed by atoms with E-state index in [1.807, 2.05) is 45.3 Å². The van der Waals surface area contributed by atoms with Crippen molar-refractivity contribution >= 4 is 85.7 Å². The molecule has 3 nitrogen and oxygen atoms in total. The van der Waals surface area contributed by atoms with Crippen LogP contribution in [0.15, 0.2) is 209 Å². The number of aromatic nitrogens is 2. The number of hydrogen-bond acceptors (Lipinski definition) is 7. The molecule has 13 aromatic rings. The van der Waals surface area contributed by atoms with Gasteiger partial charge in [0.25, 0.3) is 0 Å². The van der Waals surface area contributed by atoms with Gasteiger partial charge >= 0.3 is 0 Å². The molecule has 0 amide bonds. The van der Waals surface area contributed by atoms with Crippen LogP contribution < -0.4 is 0 Å². The number of nitrogens with zero attached hydrogens (tertiary/aromatic N) is 2. The maximum absolute atomic E-state index is 6.36. The zero-order valence-electron chi connectivity index (χ0n) is 34.6. The van der Waals surface area contributed by atoms with E-state index in [1.165, 1.54) is 94.6 Å². The number of fused-ring (bicyclic) bond motifs is 4. The Labute approximate surface area is 390 Å². The standard InChI is InChI=1S/C58H34N2OS4/c1-5-13-37(14-6-1)49-43-29-31-62-53(43)51(39-17-9-3-10-18-39)45-33-47(64-55(45)49)35-21-25-41(26-22-35)57-59-60-58(61-57)42-27-23-36(24-28-42)48-34-46-52(40-19-11-4-12-20-40)54-44(30-32-63-54)50(56(46)65-48)38-15-7-2-8-16-38/h1-34H. The minimum atomic E-state index is 0.497. The Bertz CT molecular complexity index is 3410. The summed E-state index contributed by atoms with van der Waals surface area (Å²) in [4.78, 5) is 2.44. The molecule has 0 aliphatic heterocycles. The number of rotatable bonds is 8. The molecule has 0 N–H and O–H groups in total. The van der Waals surface area contributed by atoms with Crippen molar-refractivity contribution in [3.05, 3.63) is 205 Å². The van der Waals surface area contributed by atoms with E-state index < -0.39 is 0 Å².